The summed E-state index contributed by atoms with van der Waals surface area (Å²) in [6, 6.07) is 12.3. The number of nitrogens with zero attached hydrogens (tertiary/aromatic N) is 5. The number of hydrogen-bond donors (Lipinski definition) is 1. The lowest BCUT2D eigenvalue weighted by Gasteiger charge is -2.33. The Labute approximate surface area is 229 Å². The van der Waals surface area contributed by atoms with Gasteiger partial charge in [-0.3, -0.25) is 9.78 Å². The molecule has 1 N–H and O–H groups in total. The van der Waals surface area contributed by atoms with E-state index in [1.807, 2.05) is 48.8 Å². The van der Waals surface area contributed by atoms with Gasteiger partial charge in [0.05, 0.1) is 0 Å². The Bertz CT molecular complexity index is 1240. The molecule has 1 aliphatic heterocycles. The first-order chi connectivity index (χ1) is 18.7. The number of piperidine rings is 1. The van der Waals surface area contributed by atoms with Crippen molar-refractivity contribution >= 4 is 17.7 Å². The normalized spacial score (nSPS) is 14.0. The van der Waals surface area contributed by atoms with E-state index in [0.29, 0.717) is 12.6 Å². The fourth-order valence-corrected chi connectivity index (χ4v) is 4.27. The number of anilines is 1. The first-order valence-corrected chi connectivity index (χ1v) is 13.1. The van der Waals surface area contributed by atoms with Crippen LogP contribution in [0, 0.1) is 0 Å². The zero-order valence-corrected chi connectivity index (χ0v) is 23.0. The number of amides is 2. The Hall–Kier alpha value is -4.21. The Morgan fingerprint density at radius 2 is 1.74 bits per heavy atom. The molecule has 10 heteroatoms. The molecule has 1 saturated heterocycles. The summed E-state index contributed by atoms with van der Waals surface area (Å²) in [4.78, 5) is 41.2. The highest BCUT2D eigenvalue weighted by atomic mass is 16.6. The van der Waals surface area contributed by atoms with E-state index in [-0.39, 0.29) is 18.6 Å². The highest BCUT2D eigenvalue weighted by molar-refractivity contribution is 5.82. The van der Waals surface area contributed by atoms with Crippen LogP contribution in [0.15, 0.2) is 61.2 Å². The quantitative estimate of drug-likeness (QED) is 0.462. The fraction of sp³-hybridized carbons (Fsp3) is 0.414. The number of carbonyl (C=O) groups excluding carboxylic acids is 2. The first-order valence-electron chi connectivity index (χ1n) is 13.1. The Balaban J connectivity index is 1.27. The summed E-state index contributed by atoms with van der Waals surface area (Å²) in [7, 11) is 1.70. The van der Waals surface area contributed by atoms with Gasteiger partial charge in [0, 0.05) is 75.6 Å². The van der Waals surface area contributed by atoms with Crippen molar-refractivity contribution in [3.05, 3.63) is 66.7 Å². The zero-order chi connectivity index (χ0) is 27.8. The van der Waals surface area contributed by atoms with Crippen LogP contribution in [0.1, 0.15) is 39.2 Å². The van der Waals surface area contributed by atoms with Crippen LogP contribution < -0.4 is 15.0 Å². The molecule has 0 bridgehead atoms. The lowest BCUT2D eigenvalue weighted by molar-refractivity contribution is -0.129. The van der Waals surface area contributed by atoms with Gasteiger partial charge in [-0.1, -0.05) is 18.2 Å². The van der Waals surface area contributed by atoms with Crippen LogP contribution >= 0.6 is 0 Å². The van der Waals surface area contributed by atoms with Crippen LogP contribution in [-0.4, -0.2) is 70.2 Å². The van der Waals surface area contributed by atoms with Gasteiger partial charge < -0.3 is 24.6 Å². The number of pyridine rings is 1. The maximum absolute atomic E-state index is 12.5. The van der Waals surface area contributed by atoms with Crippen molar-refractivity contribution < 1.29 is 19.1 Å². The van der Waals surface area contributed by atoms with Crippen molar-refractivity contribution in [2.24, 2.45) is 0 Å². The SMILES string of the molecule is CN(Cc1cccc(-c2cnc(OC3CCN(c4ccncc4)CC3)nc2)c1)C(=O)CNC(=O)OC(C)(C)C. The molecule has 39 heavy (non-hydrogen) atoms. The van der Waals surface area contributed by atoms with Gasteiger partial charge in [-0.25, -0.2) is 14.8 Å². The van der Waals surface area contributed by atoms with E-state index in [4.69, 9.17) is 9.47 Å². The molecule has 1 aromatic carbocycles. The van der Waals surface area contributed by atoms with Crippen LogP contribution in [0.5, 0.6) is 6.01 Å². The second kappa shape index (κ2) is 12.6. The smallest absolute Gasteiger partial charge is 0.408 e. The molecule has 2 amide bonds. The van der Waals surface area contributed by atoms with Crippen molar-refractivity contribution in [2.45, 2.75) is 51.9 Å². The van der Waals surface area contributed by atoms with Crippen molar-refractivity contribution in [3.8, 4) is 17.1 Å². The van der Waals surface area contributed by atoms with Crippen LogP contribution in [-0.2, 0) is 16.1 Å². The average Bonchev–Trinajstić information content (AvgIpc) is 2.92. The number of nitrogens with one attached hydrogen (secondary N) is 1. The van der Waals surface area contributed by atoms with Crippen molar-refractivity contribution in [3.63, 3.8) is 0 Å². The van der Waals surface area contributed by atoms with Gasteiger partial charge in [-0.2, -0.15) is 0 Å². The fourth-order valence-electron chi connectivity index (χ4n) is 4.27. The number of alkyl carbamates (subject to hydrolysis) is 1. The molecule has 1 aliphatic rings. The van der Waals surface area contributed by atoms with Crippen LogP contribution in [0.4, 0.5) is 10.5 Å². The predicted octanol–water partition coefficient (Wildman–Crippen LogP) is 4.07. The van der Waals surface area contributed by atoms with Gasteiger partial charge in [0.25, 0.3) is 0 Å². The van der Waals surface area contributed by atoms with Crippen LogP contribution in [0.3, 0.4) is 0 Å². The van der Waals surface area contributed by atoms with E-state index in [0.717, 1.165) is 42.6 Å². The molecule has 0 saturated carbocycles. The Morgan fingerprint density at radius 3 is 2.41 bits per heavy atom. The highest BCUT2D eigenvalue weighted by Crippen LogP contribution is 2.23. The highest BCUT2D eigenvalue weighted by Gasteiger charge is 2.22. The summed E-state index contributed by atoms with van der Waals surface area (Å²) in [5.74, 6) is -0.220. The van der Waals surface area contributed by atoms with E-state index in [1.54, 1.807) is 45.1 Å². The number of carbonyl (C=O) groups is 2. The largest absolute Gasteiger partial charge is 0.460 e. The number of benzene rings is 1. The summed E-state index contributed by atoms with van der Waals surface area (Å²) in [6.07, 6.45) is 8.40. The summed E-state index contributed by atoms with van der Waals surface area (Å²) in [6.45, 7) is 7.39. The second-order valence-electron chi connectivity index (χ2n) is 10.6. The molecule has 1 fully saturated rings. The molecule has 4 rings (SSSR count). The third kappa shape index (κ3) is 8.39. The molecule has 0 aliphatic carbocycles. The molecule has 0 radical (unpaired) electrons. The Morgan fingerprint density at radius 1 is 1.05 bits per heavy atom. The van der Waals surface area contributed by atoms with Crippen LogP contribution in [0.2, 0.25) is 0 Å². The molecule has 0 spiro atoms. The lowest BCUT2D eigenvalue weighted by Crippen LogP contribution is -2.40. The first kappa shape index (κ1) is 27.8. The summed E-state index contributed by atoms with van der Waals surface area (Å²) < 4.78 is 11.2. The summed E-state index contributed by atoms with van der Waals surface area (Å²) in [5.41, 5.74) is 3.31. The molecule has 3 heterocycles. The molecular weight excluding hydrogens is 496 g/mol. The number of ether oxygens (including phenoxy) is 2. The Kier molecular flexibility index (Phi) is 8.96. The van der Waals surface area contributed by atoms with Crippen LogP contribution in [0.25, 0.3) is 11.1 Å². The van der Waals surface area contributed by atoms with E-state index in [9.17, 15) is 9.59 Å². The van der Waals surface area contributed by atoms with Gasteiger partial charge in [-0.05, 0) is 50.1 Å². The van der Waals surface area contributed by atoms with Crippen molar-refractivity contribution in [2.75, 3.05) is 31.6 Å². The van der Waals surface area contributed by atoms with E-state index < -0.39 is 11.7 Å². The minimum absolute atomic E-state index is 0.0788. The monoisotopic (exact) mass is 532 g/mol. The van der Waals surface area contributed by atoms with E-state index in [1.165, 1.54) is 5.69 Å². The number of likely N-dealkylation sites (N-methyl/N-ethyl adjacent to an activating group) is 1. The standard InChI is InChI=1S/C29H36N6O4/c1-29(2,3)39-28(37)33-19-26(36)34(4)20-21-6-5-7-22(16-21)23-17-31-27(32-18-23)38-25-10-14-35(15-11-25)24-8-12-30-13-9-24/h5-9,12-13,16-18,25H,10-11,14-15,19-20H2,1-4H3,(H,33,37). The molecule has 3 aromatic rings. The van der Waals surface area contributed by atoms with E-state index >= 15 is 0 Å². The van der Waals surface area contributed by atoms with Gasteiger partial charge in [0.15, 0.2) is 0 Å². The molecule has 10 nitrogen and oxygen atoms in total. The van der Waals surface area contributed by atoms with Gasteiger partial charge in [0.2, 0.25) is 5.91 Å². The van der Waals surface area contributed by atoms with E-state index in [2.05, 4.69) is 25.2 Å². The van der Waals surface area contributed by atoms with Gasteiger partial charge in [-0.15, -0.1) is 0 Å². The number of rotatable bonds is 8. The summed E-state index contributed by atoms with van der Waals surface area (Å²) >= 11 is 0. The third-order valence-corrected chi connectivity index (χ3v) is 6.26. The maximum Gasteiger partial charge on any atom is 0.408 e. The topological polar surface area (TPSA) is 110 Å². The molecule has 2 aromatic heterocycles. The lowest BCUT2D eigenvalue weighted by atomic mass is 10.1. The van der Waals surface area contributed by atoms with Gasteiger partial charge >= 0.3 is 12.1 Å². The maximum atomic E-state index is 12.5. The molecular formula is C29H36N6O4. The summed E-state index contributed by atoms with van der Waals surface area (Å²) in [5, 5.41) is 2.50. The van der Waals surface area contributed by atoms with Crippen molar-refractivity contribution in [1.29, 1.82) is 0 Å². The predicted molar refractivity (Wildman–Crippen MR) is 148 cm³/mol. The zero-order valence-electron chi connectivity index (χ0n) is 23.0. The minimum Gasteiger partial charge on any atom is -0.460 e. The molecule has 206 valence electrons. The number of aromatic nitrogens is 3. The average molecular weight is 533 g/mol. The molecule has 0 atom stereocenters. The van der Waals surface area contributed by atoms with Gasteiger partial charge in [0.1, 0.15) is 18.2 Å². The minimum atomic E-state index is -0.619. The third-order valence-electron chi connectivity index (χ3n) is 6.26. The van der Waals surface area contributed by atoms with Crippen molar-refractivity contribution in [1.82, 2.24) is 25.2 Å². The second-order valence-corrected chi connectivity index (χ2v) is 10.6. The molecule has 0 unspecified atom stereocenters. The number of hydrogen-bond acceptors (Lipinski definition) is 8.